The summed E-state index contributed by atoms with van der Waals surface area (Å²) in [6, 6.07) is 5.33. The van der Waals surface area contributed by atoms with Crippen LogP contribution in [0.2, 0.25) is 0 Å². The molecular formula is C10H15NO3S. The third-order valence-corrected chi connectivity index (χ3v) is 2.83. The maximum atomic E-state index is 11.2. The fraction of sp³-hybridized carbons (Fsp3) is 0.400. The summed E-state index contributed by atoms with van der Waals surface area (Å²) < 4.78 is 27.4. The van der Waals surface area contributed by atoms with Crippen molar-refractivity contribution >= 4 is 9.84 Å². The van der Waals surface area contributed by atoms with Gasteiger partial charge in [-0.2, -0.15) is 0 Å². The predicted molar refractivity (Wildman–Crippen MR) is 59.4 cm³/mol. The Labute approximate surface area is 90.0 Å². The van der Waals surface area contributed by atoms with Gasteiger partial charge in [-0.1, -0.05) is 6.07 Å². The maximum absolute atomic E-state index is 11.2. The molecule has 0 radical (unpaired) electrons. The van der Waals surface area contributed by atoms with E-state index in [2.05, 4.69) is 0 Å². The normalized spacial score (nSPS) is 11.4. The minimum Gasteiger partial charge on any atom is -0.496 e. The highest BCUT2D eigenvalue weighted by atomic mass is 32.2. The van der Waals surface area contributed by atoms with Gasteiger partial charge in [0.25, 0.3) is 0 Å². The van der Waals surface area contributed by atoms with E-state index < -0.39 is 9.84 Å². The van der Waals surface area contributed by atoms with Gasteiger partial charge < -0.3 is 10.5 Å². The second kappa shape index (κ2) is 4.63. The van der Waals surface area contributed by atoms with Gasteiger partial charge in [0.15, 0.2) is 9.84 Å². The van der Waals surface area contributed by atoms with E-state index in [9.17, 15) is 8.42 Å². The molecule has 1 aromatic rings. The van der Waals surface area contributed by atoms with Crippen molar-refractivity contribution in [1.82, 2.24) is 0 Å². The zero-order chi connectivity index (χ0) is 11.5. The number of hydrogen-bond donors (Lipinski definition) is 1. The summed E-state index contributed by atoms with van der Waals surface area (Å²) in [5.74, 6) is 0.557. The van der Waals surface area contributed by atoms with Crippen LogP contribution in [0, 0.1) is 0 Å². The van der Waals surface area contributed by atoms with Crippen LogP contribution in [0.5, 0.6) is 5.75 Å². The van der Waals surface area contributed by atoms with Crippen molar-refractivity contribution in [3.63, 3.8) is 0 Å². The highest BCUT2D eigenvalue weighted by Crippen LogP contribution is 2.21. The van der Waals surface area contributed by atoms with Gasteiger partial charge in [-0.3, -0.25) is 0 Å². The lowest BCUT2D eigenvalue weighted by molar-refractivity contribution is 0.411. The van der Waals surface area contributed by atoms with Crippen molar-refractivity contribution in [2.75, 3.05) is 13.4 Å². The molecule has 1 aromatic carbocycles. The molecule has 0 unspecified atom stereocenters. The van der Waals surface area contributed by atoms with Crippen LogP contribution < -0.4 is 10.5 Å². The molecule has 5 heteroatoms. The van der Waals surface area contributed by atoms with Crippen LogP contribution >= 0.6 is 0 Å². The Morgan fingerprint density at radius 1 is 1.40 bits per heavy atom. The number of methoxy groups -OCH3 is 1. The number of ether oxygens (including phenoxy) is 1. The van der Waals surface area contributed by atoms with Crippen LogP contribution in [0.15, 0.2) is 18.2 Å². The molecule has 0 atom stereocenters. The highest BCUT2D eigenvalue weighted by Gasteiger charge is 2.10. The zero-order valence-corrected chi connectivity index (χ0v) is 9.67. The molecule has 84 valence electrons. The Bertz CT molecular complexity index is 440. The average molecular weight is 229 g/mol. The van der Waals surface area contributed by atoms with Crippen molar-refractivity contribution in [1.29, 1.82) is 0 Å². The van der Waals surface area contributed by atoms with Gasteiger partial charge in [-0.15, -0.1) is 0 Å². The van der Waals surface area contributed by atoms with Crippen LogP contribution in [-0.4, -0.2) is 21.8 Å². The van der Waals surface area contributed by atoms with E-state index in [-0.39, 0.29) is 5.75 Å². The van der Waals surface area contributed by atoms with Gasteiger partial charge in [-0.25, -0.2) is 8.42 Å². The number of sulfone groups is 1. The number of nitrogens with two attached hydrogens (primary N) is 1. The molecular weight excluding hydrogens is 214 g/mol. The Morgan fingerprint density at radius 3 is 2.53 bits per heavy atom. The van der Waals surface area contributed by atoms with Crippen LogP contribution in [-0.2, 0) is 22.1 Å². The molecule has 0 aromatic heterocycles. The first-order valence-electron chi connectivity index (χ1n) is 4.50. The largest absolute Gasteiger partial charge is 0.496 e. The van der Waals surface area contributed by atoms with E-state index in [1.54, 1.807) is 12.1 Å². The van der Waals surface area contributed by atoms with Gasteiger partial charge in [0.1, 0.15) is 5.75 Å². The van der Waals surface area contributed by atoms with Gasteiger partial charge in [-0.05, 0) is 17.7 Å². The lowest BCUT2D eigenvalue weighted by Gasteiger charge is -2.09. The molecule has 0 heterocycles. The van der Waals surface area contributed by atoms with E-state index in [0.717, 1.165) is 5.56 Å². The third-order valence-electron chi connectivity index (χ3n) is 2.00. The van der Waals surface area contributed by atoms with Crippen molar-refractivity contribution in [2.24, 2.45) is 5.73 Å². The fourth-order valence-electron chi connectivity index (χ4n) is 1.35. The average Bonchev–Trinajstić information content (AvgIpc) is 2.15. The molecule has 15 heavy (non-hydrogen) atoms. The summed E-state index contributed by atoms with van der Waals surface area (Å²) in [5, 5.41) is 0. The number of benzene rings is 1. The zero-order valence-electron chi connectivity index (χ0n) is 8.86. The van der Waals surface area contributed by atoms with Crippen molar-refractivity contribution in [3.05, 3.63) is 29.3 Å². The third kappa shape index (κ3) is 3.53. The molecule has 2 N–H and O–H groups in total. The summed E-state index contributed by atoms with van der Waals surface area (Å²) >= 11 is 0. The summed E-state index contributed by atoms with van der Waals surface area (Å²) in [7, 11) is -1.54. The Morgan fingerprint density at radius 2 is 2.07 bits per heavy atom. The molecule has 0 spiro atoms. The molecule has 1 rings (SSSR count). The molecule has 0 amide bonds. The second-order valence-corrected chi connectivity index (χ2v) is 5.56. The van der Waals surface area contributed by atoms with Crippen LogP contribution in [0.25, 0.3) is 0 Å². The number of rotatable bonds is 4. The van der Waals surface area contributed by atoms with Crippen LogP contribution in [0.3, 0.4) is 0 Å². The van der Waals surface area contributed by atoms with Crippen molar-refractivity contribution in [2.45, 2.75) is 12.3 Å². The molecule has 0 aliphatic carbocycles. The lowest BCUT2D eigenvalue weighted by Crippen LogP contribution is -2.05. The smallest absolute Gasteiger partial charge is 0.151 e. The van der Waals surface area contributed by atoms with Gasteiger partial charge in [0.05, 0.1) is 12.9 Å². The Kier molecular flexibility index (Phi) is 3.71. The first kappa shape index (κ1) is 12.0. The van der Waals surface area contributed by atoms with E-state index in [0.29, 0.717) is 17.9 Å². The molecule has 0 fully saturated rings. The molecule has 0 aliphatic heterocycles. The minimum absolute atomic E-state index is 0.0238. The van der Waals surface area contributed by atoms with E-state index in [4.69, 9.17) is 10.5 Å². The molecule has 0 saturated carbocycles. The second-order valence-electron chi connectivity index (χ2n) is 3.42. The first-order chi connectivity index (χ1) is 6.96. The fourth-order valence-corrected chi connectivity index (χ4v) is 2.14. The quantitative estimate of drug-likeness (QED) is 0.825. The van der Waals surface area contributed by atoms with E-state index in [1.807, 2.05) is 6.07 Å². The van der Waals surface area contributed by atoms with Crippen molar-refractivity contribution < 1.29 is 13.2 Å². The SMILES string of the molecule is COc1ccc(CN)cc1CS(C)(=O)=O. The van der Waals surface area contributed by atoms with Crippen molar-refractivity contribution in [3.8, 4) is 5.75 Å². The van der Waals surface area contributed by atoms with Gasteiger partial charge >= 0.3 is 0 Å². The van der Waals surface area contributed by atoms with E-state index in [1.165, 1.54) is 13.4 Å². The summed E-state index contributed by atoms with van der Waals surface area (Å²) in [5.41, 5.74) is 7.04. The van der Waals surface area contributed by atoms with Crippen LogP contribution in [0.4, 0.5) is 0 Å². The highest BCUT2D eigenvalue weighted by molar-refractivity contribution is 7.89. The topological polar surface area (TPSA) is 69.4 Å². The Balaban J connectivity index is 3.12. The molecule has 0 bridgehead atoms. The van der Waals surface area contributed by atoms with Crippen LogP contribution in [0.1, 0.15) is 11.1 Å². The summed E-state index contributed by atoms with van der Waals surface area (Å²) in [4.78, 5) is 0. The Hall–Kier alpha value is -1.07. The molecule has 0 aliphatic rings. The molecule has 4 nitrogen and oxygen atoms in total. The summed E-state index contributed by atoms with van der Waals surface area (Å²) in [6.07, 6.45) is 1.20. The minimum atomic E-state index is -3.06. The maximum Gasteiger partial charge on any atom is 0.151 e. The standard InChI is InChI=1S/C10H15NO3S/c1-14-10-4-3-8(6-11)5-9(10)7-15(2,12)13/h3-5H,6-7,11H2,1-2H3. The van der Waals surface area contributed by atoms with Gasteiger partial charge in [0.2, 0.25) is 0 Å². The predicted octanol–water partition coefficient (Wildman–Crippen LogP) is 0.699. The summed E-state index contributed by atoms with van der Waals surface area (Å²) in [6.45, 7) is 0.390. The van der Waals surface area contributed by atoms with Gasteiger partial charge in [0, 0.05) is 18.4 Å². The monoisotopic (exact) mass is 229 g/mol. The number of hydrogen-bond acceptors (Lipinski definition) is 4. The lowest BCUT2D eigenvalue weighted by atomic mass is 10.1. The first-order valence-corrected chi connectivity index (χ1v) is 6.56. The molecule has 0 saturated heterocycles. The van der Waals surface area contributed by atoms with E-state index >= 15 is 0 Å².